The Hall–Kier alpha value is -4.50. The van der Waals surface area contributed by atoms with Crippen LogP contribution >= 0.6 is 0 Å². The van der Waals surface area contributed by atoms with E-state index in [1.54, 1.807) is 12.3 Å². The van der Waals surface area contributed by atoms with Crippen LogP contribution in [0.3, 0.4) is 0 Å². The fourth-order valence-corrected chi connectivity index (χ4v) is 4.76. The summed E-state index contributed by atoms with van der Waals surface area (Å²) in [6.45, 7) is 3.46. The second-order valence-corrected chi connectivity index (χ2v) is 9.17. The van der Waals surface area contributed by atoms with Crippen molar-refractivity contribution in [2.75, 3.05) is 36.0 Å². The third-order valence-corrected chi connectivity index (χ3v) is 6.61. The predicted molar refractivity (Wildman–Crippen MR) is 147 cm³/mol. The van der Waals surface area contributed by atoms with E-state index in [0.29, 0.717) is 28.2 Å². The van der Waals surface area contributed by atoms with E-state index in [1.165, 1.54) is 6.42 Å². The Morgan fingerprint density at radius 1 is 1.07 bits per heavy atom. The van der Waals surface area contributed by atoms with E-state index in [4.69, 9.17) is 20.9 Å². The van der Waals surface area contributed by atoms with Crippen LogP contribution in [-0.2, 0) is 9.68 Å². The number of fused-ring (bicyclic) bond motifs is 3. The van der Waals surface area contributed by atoms with Crippen LogP contribution in [0.25, 0.3) is 22.1 Å². The molecule has 2 saturated heterocycles. The maximum absolute atomic E-state index is 13.1. The number of hydrogen-bond donors (Lipinski definition) is 2. The van der Waals surface area contributed by atoms with Crippen LogP contribution < -0.4 is 15.4 Å². The number of H-pyrrole nitrogens is 1. The number of benzene rings is 1. The molecule has 0 bridgehead atoms. The number of nitrogens with one attached hydrogen (secondary N) is 1. The highest BCUT2D eigenvalue weighted by Crippen LogP contribution is 2.35. The first-order valence-corrected chi connectivity index (χ1v) is 12.9. The third-order valence-electron chi connectivity index (χ3n) is 6.61. The number of halogens is 2. The van der Waals surface area contributed by atoms with Gasteiger partial charge in [-0.1, -0.05) is 18.1 Å². The average Bonchev–Trinajstić information content (AvgIpc) is 3.66. The molecule has 2 N–H and O–H groups in total. The molecule has 12 heteroatoms. The molecule has 5 heterocycles. The van der Waals surface area contributed by atoms with Gasteiger partial charge >= 0.3 is 6.47 Å². The Bertz CT molecular complexity index is 1540. The quantitative estimate of drug-likeness (QED) is 0.157. The average molecular weight is 554 g/mol. The highest BCUT2D eigenvalue weighted by Gasteiger charge is 2.24. The van der Waals surface area contributed by atoms with E-state index in [2.05, 4.69) is 30.7 Å². The van der Waals surface area contributed by atoms with Crippen LogP contribution in [0.2, 0.25) is 0 Å². The second-order valence-electron chi connectivity index (χ2n) is 9.17. The number of piperidine rings is 1. The van der Waals surface area contributed by atoms with Crippen LogP contribution in [0, 0.1) is 12.3 Å². The maximum atomic E-state index is 13.1. The molecule has 10 nitrogen and oxygen atoms in total. The number of carbonyl (C=O) groups is 1. The van der Waals surface area contributed by atoms with Gasteiger partial charge < -0.3 is 24.1 Å². The summed E-state index contributed by atoms with van der Waals surface area (Å²) in [6, 6.07) is 9.13. The Morgan fingerprint density at radius 2 is 1.73 bits per heavy atom. The van der Waals surface area contributed by atoms with E-state index in [0.717, 1.165) is 62.8 Å². The van der Waals surface area contributed by atoms with E-state index < -0.39 is 12.2 Å². The van der Waals surface area contributed by atoms with Crippen LogP contribution in [0.1, 0.15) is 49.9 Å². The molecule has 40 heavy (non-hydrogen) atoms. The van der Waals surface area contributed by atoms with Gasteiger partial charge in [-0.2, -0.15) is 0 Å². The van der Waals surface area contributed by atoms with Crippen LogP contribution in [0.4, 0.5) is 20.3 Å². The van der Waals surface area contributed by atoms with Gasteiger partial charge in [0.2, 0.25) is 0 Å². The molecule has 4 aromatic rings. The number of carbonyl (C=O) groups excluding carboxylic acids is 1. The first kappa shape index (κ1) is 28.5. The molecule has 3 aromatic heterocycles. The molecule has 0 radical (unpaired) electrons. The van der Waals surface area contributed by atoms with Gasteiger partial charge in [-0.25, -0.2) is 24.0 Å². The Balaban J connectivity index is 0.000000171. The van der Waals surface area contributed by atoms with Crippen molar-refractivity contribution >= 4 is 40.0 Å². The summed E-state index contributed by atoms with van der Waals surface area (Å²) in [6.07, 6.45) is 9.83. The zero-order valence-corrected chi connectivity index (χ0v) is 21.7. The first-order chi connectivity index (χ1) is 19.5. The number of aromatic nitrogens is 3. The summed E-state index contributed by atoms with van der Waals surface area (Å²) in [5, 5.41) is 7.75. The number of alkyl halides is 2. The molecule has 0 saturated carbocycles. The molecule has 0 amide bonds. The molecular weight excluding hydrogens is 524 g/mol. The van der Waals surface area contributed by atoms with Crippen molar-refractivity contribution in [3.63, 3.8) is 0 Å². The van der Waals surface area contributed by atoms with E-state index in [9.17, 15) is 13.6 Å². The molecule has 2 aliphatic heterocycles. The standard InChI is InChI=1S/C15H13F2N3O.C12H14N2O.CH2O3/c16-13(17)14-18-11-9-5-1-2-6-10(9)21-12(11)15(19-14)20-7-3-4-8-20;1-2-10-8-11(12(15)13-9-10)14-6-4-3-5-7-14;2-1-4-3/h1-2,5-6,13H,3-4,7-8H2;1,8-9H,3-7H2,(H,13,15);1,3H. The Kier molecular flexibility index (Phi) is 9.64. The van der Waals surface area contributed by atoms with Gasteiger partial charge in [-0.15, -0.1) is 6.42 Å². The lowest BCUT2D eigenvalue weighted by Gasteiger charge is -2.27. The molecular formula is C28H29F2N5O5. The minimum absolute atomic E-state index is 0.0455. The van der Waals surface area contributed by atoms with E-state index >= 15 is 0 Å². The number of hydrogen-bond acceptors (Lipinski definition) is 9. The minimum Gasteiger partial charge on any atom is -0.450 e. The Labute approximate surface area is 228 Å². The van der Waals surface area contributed by atoms with Gasteiger partial charge in [0.1, 0.15) is 16.8 Å². The molecule has 6 rings (SSSR count). The van der Waals surface area contributed by atoms with Gasteiger partial charge in [0.05, 0.1) is 0 Å². The van der Waals surface area contributed by atoms with E-state index in [1.807, 2.05) is 29.2 Å². The smallest absolute Gasteiger partial charge is 0.330 e. The van der Waals surface area contributed by atoms with E-state index in [-0.39, 0.29) is 12.0 Å². The molecule has 0 aliphatic carbocycles. The molecule has 210 valence electrons. The van der Waals surface area contributed by atoms with Crippen molar-refractivity contribution in [2.24, 2.45) is 0 Å². The van der Waals surface area contributed by atoms with Crippen LogP contribution in [-0.4, -0.2) is 52.9 Å². The minimum atomic E-state index is -2.69. The number of pyridine rings is 1. The molecule has 2 aliphatic rings. The lowest BCUT2D eigenvalue weighted by Crippen LogP contribution is -2.33. The van der Waals surface area contributed by atoms with Crippen molar-refractivity contribution in [1.29, 1.82) is 0 Å². The monoisotopic (exact) mass is 553 g/mol. The van der Waals surface area contributed by atoms with Crippen molar-refractivity contribution in [1.82, 2.24) is 15.0 Å². The predicted octanol–water partition coefficient (Wildman–Crippen LogP) is 4.89. The zero-order chi connectivity index (χ0) is 28.5. The largest absolute Gasteiger partial charge is 0.450 e. The third kappa shape index (κ3) is 6.55. The summed E-state index contributed by atoms with van der Waals surface area (Å²) in [5.74, 6) is 2.59. The lowest BCUT2D eigenvalue weighted by atomic mass is 10.1. The highest BCUT2D eigenvalue weighted by molar-refractivity contribution is 6.05. The molecule has 2 fully saturated rings. The second kappa shape index (κ2) is 13.5. The van der Waals surface area contributed by atoms with Crippen molar-refractivity contribution in [3.05, 3.63) is 58.3 Å². The number of furan rings is 1. The topological polar surface area (TPSA) is 125 Å². The number of para-hydroxylation sites is 1. The highest BCUT2D eigenvalue weighted by atomic mass is 19.3. The normalized spacial score (nSPS) is 14.8. The van der Waals surface area contributed by atoms with Crippen molar-refractivity contribution in [2.45, 2.75) is 38.5 Å². The van der Waals surface area contributed by atoms with Crippen molar-refractivity contribution < 1.29 is 28.1 Å². The lowest BCUT2D eigenvalue weighted by molar-refractivity contribution is -0.217. The van der Waals surface area contributed by atoms with Crippen LogP contribution in [0.15, 0.2) is 45.7 Å². The van der Waals surface area contributed by atoms with Crippen LogP contribution in [0.5, 0.6) is 0 Å². The number of aromatic amines is 1. The molecule has 1 aromatic carbocycles. The summed E-state index contributed by atoms with van der Waals surface area (Å²) in [7, 11) is 0. The fourth-order valence-electron chi connectivity index (χ4n) is 4.76. The summed E-state index contributed by atoms with van der Waals surface area (Å²) in [5.41, 5.74) is 3.02. The summed E-state index contributed by atoms with van der Waals surface area (Å²) in [4.78, 5) is 38.0. The number of terminal acetylenes is 1. The Morgan fingerprint density at radius 3 is 2.38 bits per heavy atom. The van der Waals surface area contributed by atoms with Gasteiger partial charge in [-0.3, -0.25) is 9.59 Å². The summed E-state index contributed by atoms with van der Waals surface area (Å²) >= 11 is 0. The number of anilines is 2. The fraction of sp³-hybridized carbons (Fsp3) is 0.357. The number of nitrogens with zero attached hydrogens (tertiary/aromatic N) is 4. The van der Waals surface area contributed by atoms with Gasteiger partial charge in [0.15, 0.2) is 17.2 Å². The number of rotatable bonds is 4. The zero-order valence-electron chi connectivity index (χ0n) is 21.7. The first-order valence-electron chi connectivity index (χ1n) is 12.9. The SMILES string of the molecule is C#Cc1c[nH]c(=O)c(N2CCCCC2)c1.FC(F)c1nc(N2CCCC2)c2oc3ccccc3c2n1.O=COO. The molecule has 0 unspecified atom stereocenters. The van der Waals surface area contributed by atoms with Crippen molar-refractivity contribution in [3.8, 4) is 12.3 Å². The molecule has 0 atom stereocenters. The van der Waals surface area contributed by atoms with Gasteiger partial charge in [-0.05, 0) is 50.3 Å². The van der Waals surface area contributed by atoms with Gasteiger partial charge in [0.25, 0.3) is 12.0 Å². The van der Waals surface area contributed by atoms with Gasteiger partial charge in [0, 0.05) is 43.3 Å². The summed E-state index contributed by atoms with van der Waals surface area (Å²) < 4.78 is 32.0. The maximum Gasteiger partial charge on any atom is 0.330 e. The molecule has 0 spiro atoms.